The summed E-state index contributed by atoms with van der Waals surface area (Å²) in [4.78, 5) is 0.147. The zero-order valence-electron chi connectivity index (χ0n) is 6.65. The van der Waals surface area contributed by atoms with Gasteiger partial charge in [0.25, 0.3) is 0 Å². The third-order valence-corrected chi connectivity index (χ3v) is 4.31. The van der Waals surface area contributed by atoms with Crippen LogP contribution in [0.15, 0.2) is 0 Å². The Bertz CT molecular complexity index is 158. The van der Waals surface area contributed by atoms with E-state index in [0.29, 0.717) is 5.38 Å². The highest BCUT2D eigenvalue weighted by Gasteiger charge is 2.41. The van der Waals surface area contributed by atoms with Gasteiger partial charge in [-0.2, -0.15) is 0 Å². The fourth-order valence-electron chi connectivity index (χ4n) is 2.52. The van der Waals surface area contributed by atoms with E-state index >= 15 is 0 Å². The van der Waals surface area contributed by atoms with E-state index in [4.69, 9.17) is 23.2 Å². The van der Waals surface area contributed by atoms with Crippen LogP contribution >= 0.6 is 23.2 Å². The monoisotopic (exact) mass is 192 g/mol. The van der Waals surface area contributed by atoms with E-state index in [-0.39, 0.29) is 4.87 Å². The maximum absolute atomic E-state index is 6.41. The lowest BCUT2D eigenvalue weighted by Crippen LogP contribution is -2.39. The lowest BCUT2D eigenvalue weighted by atomic mass is 9.71. The SMILES string of the molecule is ClC1CCC2(Cl)CCCC1C2. The Kier molecular flexibility index (Phi) is 2.09. The molecule has 2 rings (SSSR count). The third-order valence-electron chi connectivity index (χ3n) is 3.21. The van der Waals surface area contributed by atoms with Crippen molar-refractivity contribution in [1.29, 1.82) is 0 Å². The van der Waals surface area contributed by atoms with Crippen molar-refractivity contribution < 1.29 is 0 Å². The third kappa shape index (κ3) is 1.53. The first-order chi connectivity index (χ1) is 5.20. The minimum Gasteiger partial charge on any atom is -0.123 e. The predicted octanol–water partition coefficient (Wildman–Crippen LogP) is 3.56. The van der Waals surface area contributed by atoms with Crippen LogP contribution in [0.3, 0.4) is 0 Å². The van der Waals surface area contributed by atoms with Crippen LogP contribution in [0, 0.1) is 5.92 Å². The van der Waals surface area contributed by atoms with E-state index in [0.717, 1.165) is 18.8 Å². The molecule has 2 fully saturated rings. The molecule has 2 saturated carbocycles. The van der Waals surface area contributed by atoms with Gasteiger partial charge < -0.3 is 0 Å². The largest absolute Gasteiger partial charge is 0.123 e. The Morgan fingerprint density at radius 3 is 2.73 bits per heavy atom. The average Bonchev–Trinajstić information content (AvgIpc) is 1.99. The molecule has 0 N–H and O–H groups in total. The van der Waals surface area contributed by atoms with Crippen molar-refractivity contribution >= 4 is 23.2 Å². The van der Waals surface area contributed by atoms with Crippen LogP contribution in [0.2, 0.25) is 0 Å². The van der Waals surface area contributed by atoms with Crippen LogP contribution in [0.25, 0.3) is 0 Å². The molecule has 0 radical (unpaired) electrons. The molecule has 2 aliphatic carbocycles. The van der Waals surface area contributed by atoms with Gasteiger partial charge in [-0.15, -0.1) is 23.2 Å². The van der Waals surface area contributed by atoms with Crippen molar-refractivity contribution in [3.8, 4) is 0 Å². The van der Waals surface area contributed by atoms with E-state index < -0.39 is 0 Å². The Balaban J connectivity index is 2.09. The van der Waals surface area contributed by atoms with Crippen LogP contribution in [-0.4, -0.2) is 10.3 Å². The van der Waals surface area contributed by atoms with E-state index in [1.165, 1.54) is 25.7 Å². The van der Waals surface area contributed by atoms with E-state index in [1.807, 2.05) is 0 Å². The van der Waals surface area contributed by atoms with Crippen molar-refractivity contribution in [3.05, 3.63) is 0 Å². The quantitative estimate of drug-likeness (QED) is 0.516. The molecule has 0 aromatic rings. The smallest absolute Gasteiger partial charge is 0.0450 e. The van der Waals surface area contributed by atoms with Gasteiger partial charge in [0, 0.05) is 10.3 Å². The Morgan fingerprint density at radius 1 is 1.18 bits per heavy atom. The molecule has 3 atom stereocenters. The van der Waals surface area contributed by atoms with Crippen LogP contribution in [0.5, 0.6) is 0 Å². The molecule has 0 spiro atoms. The normalized spacial score (nSPS) is 50.7. The molecule has 11 heavy (non-hydrogen) atoms. The summed E-state index contributed by atoms with van der Waals surface area (Å²) in [6, 6.07) is 0. The molecule has 0 aromatic heterocycles. The number of hydrogen-bond acceptors (Lipinski definition) is 0. The summed E-state index contributed by atoms with van der Waals surface area (Å²) < 4.78 is 0. The molecule has 0 aliphatic heterocycles. The minimum atomic E-state index is 0.147. The average molecular weight is 193 g/mol. The van der Waals surface area contributed by atoms with Gasteiger partial charge in [0.2, 0.25) is 0 Å². The first-order valence-corrected chi connectivity index (χ1v) is 5.34. The molecule has 0 amide bonds. The highest BCUT2D eigenvalue weighted by molar-refractivity contribution is 6.25. The van der Waals surface area contributed by atoms with E-state index in [2.05, 4.69) is 0 Å². The maximum atomic E-state index is 6.41. The summed E-state index contributed by atoms with van der Waals surface area (Å²) in [7, 11) is 0. The van der Waals surface area contributed by atoms with E-state index in [1.54, 1.807) is 0 Å². The fraction of sp³-hybridized carbons (Fsp3) is 1.00. The second kappa shape index (κ2) is 2.81. The molecule has 2 heteroatoms. The zero-order valence-corrected chi connectivity index (χ0v) is 8.17. The van der Waals surface area contributed by atoms with Gasteiger partial charge in [-0.25, -0.2) is 0 Å². The molecule has 0 nitrogen and oxygen atoms in total. The molecule has 2 aliphatic rings. The molecule has 64 valence electrons. The molecule has 3 unspecified atom stereocenters. The molecule has 0 aromatic carbocycles. The summed E-state index contributed by atoms with van der Waals surface area (Å²) in [5.74, 6) is 0.719. The van der Waals surface area contributed by atoms with Crippen LogP contribution in [-0.2, 0) is 0 Å². The standard InChI is InChI=1S/C9H14Cl2/c10-8-3-5-9(11)4-1-2-7(8)6-9/h7-8H,1-6H2. The van der Waals surface area contributed by atoms with Gasteiger partial charge in [0.15, 0.2) is 0 Å². The van der Waals surface area contributed by atoms with Gasteiger partial charge >= 0.3 is 0 Å². The minimum absolute atomic E-state index is 0.147. The number of alkyl halides is 2. The lowest BCUT2D eigenvalue weighted by Gasteiger charge is -2.43. The molecular weight excluding hydrogens is 179 g/mol. The van der Waals surface area contributed by atoms with E-state index in [9.17, 15) is 0 Å². The van der Waals surface area contributed by atoms with Crippen molar-refractivity contribution in [2.45, 2.75) is 48.8 Å². The summed E-state index contributed by atoms with van der Waals surface area (Å²) in [6.07, 6.45) is 7.26. The predicted molar refractivity (Wildman–Crippen MR) is 49.4 cm³/mol. The van der Waals surface area contributed by atoms with Crippen molar-refractivity contribution in [3.63, 3.8) is 0 Å². The zero-order chi connectivity index (χ0) is 7.90. The topological polar surface area (TPSA) is 0 Å². The number of rotatable bonds is 0. The Morgan fingerprint density at radius 2 is 2.00 bits per heavy atom. The van der Waals surface area contributed by atoms with Crippen molar-refractivity contribution in [2.24, 2.45) is 5.92 Å². The second-order valence-electron chi connectivity index (χ2n) is 4.06. The highest BCUT2D eigenvalue weighted by atomic mass is 35.5. The lowest BCUT2D eigenvalue weighted by molar-refractivity contribution is 0.216. The summed E-state index contributed by atoms with van der Waals surface area (Å²) >= 11 is 12.6. The van der Waals surface area contributed by atoms with Gasteiger partial charge in [-0.1, -0.05) is 6.42 Å². The molecular formula is C9H14Cl2. The number of hydrogen-bond donors (Lipinski definition) is 0. The summed E-state index contributed by atoms with van der Waals surface area (Å²) in [5.41, 5.74) is 0. The Hall–Kier alpha value is 0.580. The summed E-state index contributed by atoms with van der Waals surface area (Å²) in [6.45, 7) is 0. The van der Waals surface area contributed by atoms with Gasteiger partial charge in [0.05, 0.1) is 0 Å². The van der Waals surface area contributed by atoms with Crippen molar-refractivity contribution in [2.75, 3.05) is 0 Å². The van der Waals surface area contributed by atoms with Crippen LogP contribution < -0.4 is 0 Å². The van der Waals surface area contributed by atoms with Crippen molar-refractivity contribution in [1.82, 2.24) is 0 Å². The molecule has 2 bridgehead atoms. The first kappa shape index (κ1) is 8.19. The Labute approximate surface area is 78.3 Å². The second-order valence-corrected chi connectivity index (χ2v) is 5.42. The molecule has 0 heterocycles. The number of halogens is 2. The van der Waals surface area contributed by atoms with Crippen LogP contribution in [0.1, 0.15) is 38.5 Å². The summed E-state index contributed by atoms with van der Waals surface area (Å²) in [5, 5.41) is 0.419. The van der Waals surface area contributed by atoms with Gasteiger partial charge in [0.1, 0.15) is 0 Å². The first-order valence-electron chi connectivity index (χ1n) is 4.53. The number of fused-ring (bicyclic) bond motifs is 2. The van der Waals surface area contributed by atoms with Gasteiger partial charge in [-0.05, 0) is 38.0 Å². The molecule has 0 saturated heterocycles. The van der Waals surface area contributed by atoms with Crippen LogP contribution in [0.4, 0.5) is 0 Å². The highest BCUT2D eigenvalue weighted by Crippen LogP contribution is 2.48. The van der Waals surface area contributed by atoms with Gasteiger partial charge in [-0.3, -0.25) is 0 Å². The fourth-order valence-corrected chi connectivity index (χ4v) is 3.29. The maximum Gasteiger partial charge on any atom is 0.0450 e.